The maximum Gasteiger partial charge on any atom is 0.326 e. The molecule has 0 aromatic heterocycles. The van der Waals surface area contributed by atoms with Gasteiger partial charge < -0.3 is 15.2 Å². The number of β-amino-alcohol motifs (C(OH)–C–C–N with tert-alkyl or cyclic N) is 1. The Kier molecular flexibility index (Phi) is 4.47. The van der Waals surface area contributed by atoms with E-state index >= 15 is 0 Å². The van der Waals surface area contributed by atoms with E-state index in [1.165, 1.54) is 4.90 Å². The van der Waals surface area contributed by atoms with E-state index in [0.29, 0.717) is 17.9 Å². The van der Waals surface area contributed by atoms with E-state index < -0.39 is 17.7 Å². The zero-order valence-corrected chi connectivity index (χ0v) is 14.0. The predicted octanol–water partition coefficient (Wildman–Crippen LogP) is 0.876. The molecule has 2 heterocycles. The van der Waals surface area contributed by atoms with E-state index in [1.807, 2.05) is 4.90 Å². The number of rotatable bonds is 4. The van der Waals surface area contributed by atoms with Gasteiger partial charge in [0.25, 0.3) is 5.91 Å². The van der Waals surface area contributed by atoms with Gasteiger partial charge in [-0.3, -0.25) is 9.69 Å². The van der Waals surface area contributed by atoms with Gasteiger partial charge >= 0.3 is 6.03 Å². The van der Waals surface area contributed by atoms with Crippen molar-refractivity contribution >= 4 is 11.9 Å². The van der Waals surface area contributed by atoms with Gasteiger partial charge in [0.05, 0.1) is 19.9 Å². The second-order valence-corrected chi connectivity index (χ2v) is 6.53. The fourth-order valence-corrected chi connectivity index (χ4v) is 3.31. The third kappa shape index (κ3) is 2.97. The van der Waals surface area contributed by atoms with Crippen LogP contribution in [0.5, 0.6) is 5.75 Å². The van der Waals surface area contributed by atoms with Gasteiger partial charge in [-0.05, 0) is 37.5 Å². The van der Waals surface area contributed by atoms with Crippen molar-refractivity contribution in [3.8, 4) is 5.75 Å². The normalized spacial score (nSPS) is 28.1. The second-order valence-electron chi connectivity index (χ2n) is 6.53. The van der Waals surface area contributed by atoms with Crippen molar-refractivity contribution in [3.63, 3.8) is 0 Å². The predicted molar refractivity (Wildman–Crippen MR) is 87.4 cm³/mol. The van der Waals surface area contributed by atoms with Gasteiger partial charge in [-0.15, -0.1) is 0 Å². The molecule has 0 aliphatic carbocycles. The number of aliphatic hydroxyl groups excluding tert-OH is 1. The molecule has 2 N–H and O–H groups in total. The van der Waals surface area contributed by atoms with Gasteiger partial charge in [0, 0.05) is 13.1 Å². The Hall–Kier alpha value is -2.12. The molecule has 7 nitrogen and oxygen atoms in total. The number of imide groups is 1. The number of amides is 3. The summed E-state index contributed by atoms with van der Waals surface area (Å²) >= 11 is 0. The molecule has 7 heteroatoms. The average molecular weight is 333 g/mol. The van der Waals surface area contributed by atoms with E-state index in [9.17, 15) is 14.7 Å². The zero-order valence-electron chi connectivity index (χ0n) is 14.0. The number of likely N-dealkylation sites (tertiary alicyclic amines) is 1. The SMILES string of the molecule is COc1cccc([C@]2(C)NC(=O)N(CN3CCC[C@H](O)C3)C2=O)c1. The first-order chi connectivity index (χ1) is 11.4. The quantitative estimate of drug-likeness (QED) is 0.799. The summed E-state index contributed by atoms with van der Waals surface area (Å²) in [6, 6.07) is 6.73. The summed E-state index contributed by atoms with van der Waals surface area (Å²) < 4.78 is 5.21. The topological polar surface area (TPSA) is 82.1 Å². The van der Waals surface area contributed by atoms with Crippen LogP contribution in [0.2, 0.25) is 0 Å². The Labute approximate surface area is 141 Å². The number of nitrogens with zero attached hydrogens (tertiary/aromatic N) is 2. The van der Waals surface area contributed by atoms with E-state index in [-0.39, 0.29) is 12.6 Å². The van der Waals surface area contributed by atoms with Gasteiger partial charge in [0.2, 0.25) is 0 Å². The Balaban J connectivity index is 1.79. The number of aliphatic hydroxyl groups is 1. The molecular formula is C17H23N3O4. The maximum absolute atomic E-state index is 12.9. The minimum absolute atomic E-state index is 0.196. The van der Waals surface area contributed by atoms with Crippen molar-refractivity contribution < 1.29 is 19.4 Å². The molecule has 0 saturated carbocycles. The van der Waals surface area contributed by atoms with Crippen LogP contribution >= 0.6 is 0 Å². The lowest BCUT2D eigenvalue weighted by molar-refractivity contribution is -0.133. The number of nitrogens with one attached hydrogen (secondary N) is 1. The second kappa shape index (κ2) is 6.41. The molecule has 0 bridgehead atoms. The summed E-state index contributed by atoms with van der Waals surface area (Å²) in [5.41, 5.74) is -0.429. The first-order valence-corrected chi connectivity index (χ1v) is 8.13. The highest BCUT2D eigenvalue weighted by Gasteiger charge is 2.49. The monoisotopic (exact) mass is 333 g/mol. The van der Waals surface area contributed by atoms with Gasteiger partial charge in [-0.2, -0.15) is 0 Å². The number of carbonyl (C=O) groups excluding carboxylic acids is 2. The molecule has 0 unspecified atom stereocenters. The first kappa shape index (κ1) is 16.7. The van der Waals surface area contributed by atoms with Gasteiger partial charge in [-0.25, -0.2) is 9.69 Å². The summed E-state index contributed by atoms with van der Waals surface area (Å²) in [5.74, 6) is 0.342. The molecule has 0 radical (unpaired) electrons. The molecular weight excluding hydrogens is 310 g/mol. The number of benzene rings is 1. The standard InChI is InChI=1S/C17H23N3O4/c1-17(12-5-3-7-14(9-12)24-2)15(22)20(16(23)18-17)11-19-8-4-6-13(21)10-19/h3,5,7,9,13,21H,4,6,8,10-11H2,1-2H3,(H,18,23)/t13-,17-/m0/s1. The summed E-state index contributed by atoms with van der Waals surface area (Å²) in [4.78, 5) is 28.4. The van der Waals surface area contributed by atoms with Crippen LogP contribution in [0.3, 0.4) is 0 Å². The van der Waals surface area contributed by atoms with Gasteiger partial charge in [0.15, 0.2) is 0 Å². The van der Waals surface area contributed by atoms with Gasteiger partial charge in [-0.1, -0.05) is 12.1 Å². The van der Waals surface area contributed by atoms with Crippen LogP contribution in [0, 0.1) is 0 Å². The molecule has 1 aromatic rings. The number of carbonyl (C=O) groups is 2. The number of methoxy groups -OCH3 is 1. The Bertz CT molecular complexity index is 650. The molecule has 1 aromatic carbocycles. The molecule has 0 spiro atoms. The number of piperidine rings is 1. The third-order valence-electron chi connectivity index (χ3n) is 4.74. The molecule has 3 rings (SSSR count). The van der Waals surface area contributed by atoms with Crippen LogP contribution in [-0.2, 0) is 10.3 Å². The Morgan fingerprint density at radius 3 is 2.92 bits per heavy atom. The Morgan fingerprint density at radius 1 is 1.42 bits per heavy atom. The van der Waals surface area contributed by atoms with Crippen LogP contribution in [0.25, 0.3) is 0 Å². The van der Waals surface area contributed by atoms with Crippen molar-refractivity contribution in [2.24, 2.45) is 0 Å². The van der Waals surface area contributed by atoms with E-state index in [4.69, 9.17) is 4.74 Å². The minimum atomic E-state index is -1.11. The molecule has 130 valence electrons. The van der Waals surface area contributed by atoms with Crippen molar-refractivity contribution in [3.05, 3.63) is 29.8 Å². The van der Waals surface area contributed by atoms with E-state index in [0.717, 1.165) is 19.4 Å². The highest BCUT2D eigenvalue weighted by molar-refractivity contribution is 6.07. The number of urea groups is 1. The summed E-state index contributed by atoms with van der Waals surface area (Å²) in [6.07, 6.45) is 1.22. The molecule has 2 aliphatic rings. The van der Waals surface area contributed by atoms with Crippen molar-refractivity contribution in [2.75, 3.05) is 26.9 Å². The molecule has 3 amide bonds. The van der Waals surface area contributed by atoms with Crippen LogP contribution < -0.4 is 10.1 Å². The zero-order chi connectivity index (χ0) is 17.3. The highest BCUT2D eigenvalue weighted by atomic mass is 16.5. The average Bonchev–Trinajstić information content (AvgIpc) is 2.79. The number of hydrogen-bond acceptors (Lipinski definition) is 5. The third-order valence-corrected chi connectivity index (χ3v) is 4.74. The number of hydrogen-bond donors (Lipinski definition) is 2. The Morgan fingerprint density at radius 2 is 2.21 bits per heavy atom. The van der Waals surface area contributed by atoms with E-state index in [2.05, 4.69) is 5.32 Å². The van der Waals surface area contributed by atoms with Crippen LogP contribution in [-0.4, -0.2) is 59.8 Å². The van der Waals surface area contributed by atoms with Crippen LogP contribution in [0.1, 0.15) is 25.3 Å². The van der Waals surface area contributed by atoms with Crippen molar-refractivity contribution in [1.82, 2.24) is 15.1 Å². The fraction of sp³-hybridized carbons (Fsp3) is 0.529. The lowest BCUT2D eigenvalue weighted by atomic mass is 9.92. The van der Waals surface area contributed by atoms with Crippen molar-refractivity contribution in [2.45, 2.75) is 31.4 Å². The minimum Gasteiger partial charge on any atom is -0.497 e. The lowest BCUT2D eigenvalue weighted by Crippen LogP contribution is -2.47. The molecule has 2 fully saturated rings. The first-order valence-electron chi connectivity index (χ1n) is 8.13. The number of ether oxygens (including phenoxy) is 1. The van der Waals surface area contributed by atoms with Crippen LogP contribution in [0.4, 0.5) is 4.79 Å². The largest absolute Gasteiger partial charge is 0.497 e. The molecule has 2 atom stereocenters. The summed E-state index contributed by atoms with van der Waals surface area (Å²) in [5, 5.41) is 12.6. The molecule has 2 saturated heterocycles. The fourth-order valence-electron chi connectivity index (χ4n) is 3.31. The summed E-state index contributed by atoms with van der Waals surface area (Å²) in [7, 11) is 1.56. The van der Waals surface area contributed by atoms with Gasteiger partial charge in [0.1, 0.15) is 11.3 Å². The highest BCUT2D eigenvalue weighted by Crippen LogP contribution is 2.31. The smallest absolute Gasteiger partial charge is 0.326 e. The lowest BCUT2D eigenvalue weighted by Gasteiger charge is -2.32. The molecule has 24 heavy (non-hydrogen) atoms. The molecule has 2 aliphatic heterocycles. The van der Waals surface area contributed by atoms with E-state index in [1.54, 1.807) is 38.3 Å². The van der Waals surface area contributed by atoms with Crippen LogP contribution in [0.15, 0.2) is 24.3 Å². The maximum atomic E-state index is 12.9. The summed E-state index contributed by atoms with van der Waals surface area (Å²) in [6.45, 7) is 3.14. The van der Waals surface area contributed by atoms with Crippen molar-refractivity contribution in [1.29, 1.82) is 0 Å².